The monoisotopic (exact) mass is 259 g/mol. The van der Waals surface area contributed by atoms with Crippen LogP contribution in [0.2, 0.25) is 0 Å². The lowest BCUT2D eigenvalue weighted by molar-refractivity contribution is 0.200. The molecule has 1 aromatic carbocycles. The summed E-state index contributed by atoms with van der Waals surface area (Å²) in [6, 6.07) is 10.2. The molecule has 0 saturated heterocycles. The Morgan fingerprint density at radius 2 is 2.11 bits per heavy atom. The SMILES string of the molecule is CC1CCCCC1(C)NC(N)=NCc1ccccc1. The second-order valence-electron chi connectivity index (χ2n) is 5.88. The number of nitrogens with one attached hydrogen (secondary N) is 1. The molecular weight excluding hydrogens is 234 g/mol. The number of nitrogens with two attached hydrogens (primary N) is 1. The Bertz CT molecular complexity index is 427. The average Bonchev–Trinajstić information content (AvgIpc) is 2.41. The Morgan fingerprint density at radius 1 is 1.37 bits per heavy atom. The van der Waals surface area contributed by atoms with Gasteiger partial charge in [0.1, 0.15) is 0 Å². The van der Waals surface area contributed by atoms with Crippen molar-refractivity contribution in [3.8, 4) is 0 Å². The van der Waals surface area contributed by atoms with Gasteiger partial charge in [-0.05, 0) is 31.2 Å². The molecule has 104 valence electrons. The van der Waals surface area contributed by atoms with E-state index in [1.165, 1.54) is 31.2 Å². The zero-order chi connectivity index (χ0) is 13.7. The van der Waals surface area contributed by atoms with Gasteiger partial charge in [-0.2, -0.15) is 0 Å². The van der Waals surface area contributed by atoms with Crippen LogP contribution in [0.25, 0.3) is 0 Å². The van der Waals surface area contributed by atoms with Crippen LogP contribution in [-0.2, 0) is 6.54 Å². The largest absolute Gasteiger partial charge is 0.370 e. The third-order valence-electron chi connectivity index (χ3n) is 4.36. The smallest absolute Gasteiger partial charge is 0.189 e. The van der Waals surface area contributed by atoms with Crippen LogP contribution >= 0.6 is 0 Å². The number of benzene rings is 1. The fraction of sp³-hybridized carbons (Fsp3) is 0.562. The number of aliphatic imine (C=N–C) groups is 1. The molecule has 1 saturated carbocycles. The van der Waals surface area contributed by atoms with Crippen molar-refractivity contribution >= 4 is 5.96 Å². The minimum absolute atomic E-state index is 0.0997. The van der Waals surface area contributed by atoms with E-state index in [0.717, 1.165) is 0 Å². The van der Waals surface area contributed by atoms with Gasteiger partial charge in [-0.25, -0.2) is 4.99 Å². The molecule has 0 aromatic heterocycles. The first kappa shape index (κ1) is 13.9. The maximum absolute atomic E-state index is 6.04. The van der Waals surface area contributed by atoms with Crippen molar-refractivity contribution in [3.05, 3.63) is 35.9 Å². The topological polar surface area (TPSA) is 50.4 Å². The van der Waals surface area contributed by atoms with Crippen molar-refractivity contribution in [2.24, 2.45) is 16.6 Å². The van der Waals surface area contributed by atoms with E-state index in [4.69, 9.17) is 5.73 Å². The molecular formula is C16H25N3. The highest BCUT2D eigenvalue weighted by Gasteiger charge is 2.33. The van der Waals surface area contributed by atoms with Crippen LogP contribution in [0.3, 0.4) is 0 Å². The van der Waals surface area contributed by atoms with Crippen LogP contribution in [-0.4, -0.2) is 11.5 Å². The van der Waals surface area contributed by atoms with Crippen LogP contribution in [0.4, 0.5) is 0 Å². The molecule has 2 unspecified atom stereocenters. The average molecular weight is 259 g/mol. The predicted molar refractivity (Wildman–Crippen MR) is 80.9 cm³/mol. The molecule has 3 heteroatoms. The first-order chi connectivity index (χ1) is 9.10. The van der Waals surface area contributed by atoms with Crippen LogP contribution in [0.5, 0.6) is 0 Å². The molecule has 0 heterocycles. The van der Waals surface area contributed by atoms with Gasteiger partial charge in [0.15, 0.2) is 5.96 Å². The standard InChI is InChI=1S/C16H25N3/c1-13-8-6-7-11-16(13,2)19-15(17)18-12-14-9-4-3-5-10-14/h3-5,9-10,13H,6-8,11-12H2,1-2H3,(H3,17,18,19). The van der Waals surface area contributed by atoms with Gasteiger partial charge in [0.2, 0.25) is 0 Å². The summed E-state index contributed by atoms with van der Waals surface area (Å²) >= 11 is 0. The summed E-state index contributed by atoms with van der Waals surface area (Å²) in [7, 11) is 0. The Morgan fingerprint density at radius 3 is 2.79 bits per heavy atom. The zero-order valence-electron chi connectivity index (χ0n) is 12.0. The van der Waals surface area contributed by atoms with E-state index in [1.807, 2.05) is 18.2 Å². The third-order valence-corrected chi connectivity index (χ3v) is 4.36. The van der Waals surface area contributed by atoms with Crippen LogP contribution in [0.15, 0.2) is 35.3 Å². The fourth-order valence-electron chi connectivity index (χ4n) is 2.79. The second kappa shape index (κ2) is 6.09. The number of hydrogen-bond acceptors (Lipinski definition) is 1. The summed E-state index contributed by atoms with van der Waals surface area (Å²) in [6.45, 7) is 5.21. The molecule has 1 aliphatic carbocycles. The summed E-state index contributed by atoms with van der Waals surface area (Å²) in [5.41, 5.74) is 7.33. The number of hydrogen-bond donors (Lipinski definition) is 2. The van der Waals surface area contributed by atoms with E-state index < -0.39 is 0 Å². The van der Waals surface area contributed by atoms with Crippen LogP contribution in [0.1, 0.15) is 45.1 Å². The van der Waals surface area contributed by atoms with Gasteiger partial charge < -0.3 is 11.1 Å². The van der Waals surface area contributed by atoms with Gasteiger partial charge in [0.05, 0.1) is 6.54 Å². The van der Waals surface area contributed by atoms with Gasteiger partial charge >= 0.3 is 0 Å². The summed E-state index contributed by atoms with van der Waals surface area (Å²) < 4.78 is 0. The normalized spacial score (nSPS) is 28.1. The van der Waals surface area contributed by atoms with E-state index in [9.17, 15) is 0 Å². The van der Waals surface area contributed by atoms with Gasteiger partial charge in [0.25, 0.3) is 0 Å². The minimum Gasteiger partial charge on any atom is -0.370 e. The van der Waals surface area contributed by atoms with E-state index in [2.05, 4.69) is 36.3 Å². The Hall–Kier alpha value is -1.51. The van der Waals surface area contributed by atoms with E-state index >= 15 is 0 Å². The highest BCUT2D eigenvalue weighted by molar-refractivity contribution is 5.78. The molecule has 0 amide bonds. The molecule has 0 radical (unpaired) electrons. The first-order valence-corrected chi connectivity index (χ1v) is 7.22. The quantitative estimate of drug-likeness (QED) is 0.647. The van der Waals surface area contributed by atoms with E-state index in [-0.39, 0.29) is 5.54 Å². The van der Waals surface area contributed by atoms with Crippen molar-refractivity contribution in [1.29, 1.82) is 0 Å². The minimum atomic E-state index is 0.0997. The summed E-state index contributed by atoms with van der Waals surface area (Å²) in [4.78, 5) is 4.45. The Kier molecular flexibility index (Phi) is 4.46. The lowest BCUT2D eigenvalue weighted by atomic mass is 9.75. The van der Waals surface area contributed by atoms with E-state index in [0.29, 0.717) is 18.4 Å². The van der Waals surface area contributed by atoms with Crippen molar-refractivity contribution in [1.82, 2.24) is 5.32 Å². The van der Waals surface area contributed by atoms with Crippen LogP contribution < -0.4 is 11.1 Å². The highest BCUT2D eigenvalue weighted by atomic mass is 15.1. The first-order valence-electron chi connectivity index (χ1n) is 7.22. The summed E-state index contributed by atoms with van der Waals surface area (Å²) in [6.07, 6.45) is 5.06. The Labute approximate surface area is 116 Å². The Balaban J connectivity index is 1.94. The molecule has 2 rings (SSSR count). The molecule has 19 heavy (non-hydrogen) atoms. The molecule has 1 fully saturated rings. The van der Waals surface area contributed by atoms with Crippen molar-refractivity contribution in [3.63, 3.8) is 0 Å². The molecule has 0 aliphatic heterocycles. The predicted octanol–water partition coefficient (Wildman–Crippen LogP) is 3.06. The second-order valence-corrected chi connectivity index (χ2v) is 5.88. The number of rotatable bonds is 3. The van der Waals surface area contributed by atoms with Crippen LogP contribution in [0, 0.1) is 5.92 Å². The van der Waals surface area contributed by atoms with Crippen molar-refractivity contribution in [2.45, 2.75) is 51.6 Å². The van der Waals surface area contributed by atoms with Gasteiger partial charge in [-0.3, -0.25) is 0 Å². The van der Waals surface area contributed by atoms with Gasteiger partial charge in [0, 0.05) is 5.54 Å². The molecule has 0 bridgehead atoms. The fourth-order valence-corrected chi connectivity index (χ4v) is 2.79. The zero-order valence-corrected chi connectivity index (χ0v) is 12.0. The summed E-state index contributed by atoms with van der Waals surface area (Å²) in [5.74, 6) is 1.21. The molecule has 0 spiro atoms. The molecule has 3 nitrogen and oxygen atoms in total. The van der Waals surface area contributed by atoms with Crippen molar-refractivity contribution < 1.29 is 0 Å². The molecule has 1 aliphatic rings. The maximum atomic E-state index is 6.04. The third kappa shape index (κ3) is 3.72. The summed E-state index contributed by atoms with van der Waals surface area (Å²) in [5, 5.41) is 3.44. The highest BCUT2D eigenvalue weighted by Crippen LogP contribution is 2.32. The molecule has 3 N–H and O–H groups in total. The number of guanidine groups is 1. The lowest BCUT2D eigenvalue weighted by Gasteiger charge is -2.40. The molecule has 2 atom stereocenters. The van der Waals surface area contributed by atoms with E-state index in [1.54, 1.807) is 0 Å². The number of nitrogens with zero attached hydrogens (tertiary/aromatic N) is 1. The van der Waals surface area contributed by atoms with Crippen molar-refractivity contribution in [2.75, 3.05) is 0 Å². The van der Waals surface area contributed by atoms with Gasteiger partial charge in [-0.15, -0.1) is 0 Å². The lowest BCUT2D eigenvalue weighted by Crippen LogP contribution is -2.54. The maximum Gasteiger partial charge on any atom is 0.189 e. The van der Waals surface area contributed by atoms with Gasteiger partial charge in [-0.1, -0.05) is 50.1 Å². The molecule has 1 aromatic rings.